The maximum atomic E-state index is 11.9. The van der Waals surface area contributed by atoms with Crippen LogP contribution in [0.25, 0.3) is 0 Å². The standard InChI is InChI=1S/C12H20N4OS/c1-8(2)6-13-11(17)9(3)18-12-15-14-7-16(12)10-4-5-10/h7-10H,4-6H2,1-3H3,(H,13,17). The number of nitrogens with zero attached hydrogens (tertiary/aromatic N) is 3. The van der Waals surface area contributed by atoms with Crippen molar-refractivity contribution < 1.29 is 4.79 Å². The van der Waals surface area contributed by atoms with E-state index in [2.05, 4.69) is 33.9 Å². The van der Waals surface area contributed by atoms with Crippen molar-refractivity contribution in [2.45, 2.75) is 50.1 Å². The lowest BCUT2D eigenvalue weighted by Gasteiger charge is -2.13. The minimum Gasteiger partial charge on any atom is -0.355 e. The second kappa shape index (κ2) is 5.73. The van der Waals surface area contributed by atoms with Gasteiger partial charge in [0.15, 0.2) is 5.16 Å². The molecule has 1 aromatic heterocycles. The second-order valence-corrected chi connectivity index (χ2v) is 6.46. The van der Waals surface area contributed by atoms with E-state index in [-0.39, 0.29) is 11.2 Å². The minimum atomic E-state index is -0.134. The highest BCUT2D eigenvalue weighted by molar-refractivity contribution is 8.00. The Labute approximate surface area is 112 Å². The van der Waals surface area contributed by atoms with Crippen LogP contribution in [-0.4, -0.2) is 32.5 Å². The second-order valence-electron chi connectivity index (χ2n) is 5.15. The molecule has 1 aliphatic rings. The largest absolute Gasteiger partial charge is 0.355 e. The average Bonchev–Trinajstić information content (AvgIpc) is 3.07. The first-order valence-corrected chi connectivity index (χ1v) is 7.29. The van der Waals surface area contributed by atoms with E-state index in [1.54, 1.807) is 6.33 Å². The van der Waals surface area contributed by atoms with E-state index in [4.69, 9.17) is 0 Å². The minimum absolute atomic E-state index is 0.0686. The highest BCUT2D eigenvalue weighted by Gasteiger charge is 2.27. The molecule has 0 aliphatic heterocycles. The number of nitrogens with one attached hydrogen (secondary N) is 1. The van der Waals surface area contributed by atoms with Crippen molar-refractivity contribution in [3.05, 3.63) is 6.33 Å². The van der Waals surface area contributed by atoms with Crippen LogP contribution in [-0.2, 0) is 4.79 Å². The van der Waals surface area contributed by atoms with E-state index >= 15 is 0 Å². The molecule has 18 heavy (non-hydrogen) atoms. The van der Waals surface area contributed by atoms with Crippen LogP contribution in [0.5, 0.6) is 0 Å². The van der Waals surface area contributed by atoms with Gasteiger partial charge in [0.2, 0.25) is 5.91 Å². The van der Waals surface area contributed by atoms with E-state index in [1.165, 1.54) is 24.6 Å². The van der Waals surface area contributed by atoms with Crippen molar-refractivity contribution in [1.82, 2.24) is 20.1 Å². The molecule has 5 nitrogen and oxygen atoms in total. The Morgan fingerprint density at radius 2 is 2.28 bits per heavy atom. The molecular formula is C12H20N4OS. The molecule has 100 valence electrons. The molecule has 0 saturated heterocycles. The van der Waals surface area contributed by atoms with Crippen LogP contribution in [0.4, 0.5) is 0 Å². The quantitative estimate of drug-likeness (QED) is 0.800. The molecule has 0 spiro atoms. The van der Waals surface area contributed by atoms with Crippen molar-refractivity contribution >= 4 is 17.7 Å². The average molecular weight is 268 g/mol. The first-order valence-electron chi connectivity index (χ1n) is 6.41. The van der Waals surface area contributed by atoms with Crippen molar-refractivity contribution in [3.63, 3.8) is 0 Å². The maximum Gasteiger partial charge on any atom is 0.233 e. The van der Waals surface area contributed by atoms with Crippen LogP contribution in [0.15, 0.2) is 11.5 Å². The fourth-order valence-corrected chi connectivity index (χ4v) is 2.50. The summed E-state index contributed by atoms with van der Waals surface area (Å²) in [5, 5.41) is 11.7. The van der Waals surface area contributed by atoms with Gasteiger partial charge >= 0.3 is 0 Å². The molecule has 0 radical (unpaired) electrons. The van der Waals surface area contributed by atoms with Gasteiger partial charge in [0.25, 0.3) is 0 Å². The zero-order chi connectivity index (χ0) is 13.1. The van der Waals surface area contributed by atoms with Crippen molar-refractivity contribution in [3.8, 4) is 0 Å². The number of amides is 1. The molecule has 1 atom stereocenters. The Hall–Kier alpha value is -1.04. The van der Waals surface area contributed by atoms with Crippen molar-refractivity contribution in [2.75, 3.05) is 6.54 Å². The van der Waals surface area contributed by atoms with Gasteiger partial charge in [-0.2, -0.15) is 0 Å². The first-order chi connectivity index (χ1) is 8.58. The highest BCUT2D eigenvalue weighted by atomic mass is 32.2. The van der Waals surface area contributed by atoms with Gasteiger partial charge < -0.3 is 9.88 Å². The molecule has 1 aliphatic carbocycles. The predicted molar refractivity (Wildman–Crippen MR) is 71.5 cm³/mol. The third-order valence-electron chi connectivity index (χ3n) is 2.82. The van der Waals surface area contributed by atoms with Crippen molar-refractivity contribution in [2.24, 2.45) is 5.92 Å². The van der Waals surface area contributed by atoms with Crippen molar-refractivity contribution in [1.29, 1.82) is 0 Å². The summed E-state index contributed by atoms with van der Waals surface area (Å²) in [6.07, 6.45) is 4.15. The predicted octanol–water partition coefficient (Wildman–Crippen LogP) is 1.87. The Kier molecular flexibility index (Phi) is 4.27. The van der Waals surface area contributed by atoms with Crippen LogP contribution in [0.1, 0.15) is 39.7 Å². The fourth-order valence-electron chi connectivity index (χ4n) is 1.58. The summed E-state index contributed by atoms with van der Waals surface area (Å²) in [5.41, 5.74) is 0. The van der Waals surface area contributed by atoms with Crippen LogP contribution in [0, 0.1) is 5.92 Å². The molecule has 0 bridgehead atoms. The number of carbonyl (C=O) groups is 1. The highest BCUT2D eigenvalue weighted by Crippen LogP contribution is 2.37. The van der Waals surface area contributed by atoms with Gasteiger partial charge in [-0.1, -0.05) is 25.6 Å². The van der Waals surface area contributed by atoms with Gasteiger partial charge in [0.1, 0.15) is 6.33 Å². The molecule has 1 fully saturated rings. The summed E-state index contributed by atoms with van der Waals surface area (Å²) < 4.78 is 2.08. The zero-order valence-corrected chi connectivity index (χ0v) is 11.9. The lowest BCUT2D eigenvalue weighted by atomic mass is 10.2. The van der Waals surface area contributed by atoms with E-state index < -0.39 is 0 Å². The zero-order valence-electron chi connectivity index (χ0n) is 11.1. The van der Waals surface area contributed by atoms with Gasteiger partial charge in [-0.15, -0.1) is 10.2 Å². The van der Waals surface area contributed by atoms with Gasteiger partial charge in [-0.05, 0) is 25.7 Å². The molecule has 1 saturated carbocycles. The number of hydrogen-bond acceptors (Lipinski definition) is 4. The summed E-state index contributed by atoms with van der Waals surface area (Å²) in [6, 6.07) is 0.549. The molecule has 0 aromatic carbocycles. The summed E-state index contributed by atoms with van der Waals surface area (Å²) >= 11 is 1.48. The molecule has 1 heterocycles. The summed E-state index contributed by atoms with van der Waals surface area (Å²) in [4.78, 5) is 11.9. The third-order valence-corrected chi connectivity index (χ3v) is 3.89. The topological polar surface area (TPSA) is 59.8 Å². The number of thioether (sulfide) groups is 1. The normalized spacial score (nSPS) is 16.9. The fraction of sp³-hybridized carbons (Fsp3) is 0.750. The summed E-state index contributed by atoms with van der Waals surface area (Å²) in [6.45, 7) is 6.80. The van der Waals surface area contributed by atoms with Gasteiger partial charge in [-0.25, -0.2) is 0 Å². The van der Waals surface area contributed by atoms with Crippen LogP contribution < -0.4 is 5.32 Å². The number of rotatable bonds is 6. The SMILES string of the molecule is CC(C)CNC(=O)C(C)Sc1nncn1C1CC1. The lowest BCUT2D eigenvalue weighted by molar-refractivity contribution is -0.120. The first kappa shape index (κ1) is 13.4. The van der Waals surface area contributed by atoms with E-state index in [9.17, 15) is 4.79 Å². The lowest BCUT2D eigenvalue weighted by Crippen LogP contribution is -2.33. The third kappa shape index (κ3) is 3.48. The van der Waals surface area contributed by atoms with Crippen LogP contribution in [0.3, 0.4) is 0 Å². The smallest absolute Gasteiger partial charge is 0.233 e. The van der Waals surface area contributed by atoms with Crippen LogP contribution in [0.2, 0.25) is 0 Å². The Bertz CT molecular complexity index is 414. The number of hydrogen-bond donors (Lipinski definition) is 1. The molecule has 1 unspecified atom stereocenters. The summed E-state index contributed by atoms with van der Waals surface area (Å²) in [7, 11) is 0. The molecule has 6 heteroatoms. The summed E-state index contributed by atoms with van der Waals surface area (Å²) in [5.74, 6) is 0.542. The molecular weight excluding hydrogens is 248 g/mol. The van der Waals surface area contributed by atoms with E-state index in [0.717, 1.165) is 11.7 Å². The van der Waals surface area contributed by atoms with Gasteiger partial charge in [0.05, 0.1) is 5.25 Å². The van der Waals surface area contributed by atoms with Gasteiger partial charge in [0, 0.05) is 12.6 Å². The Morgan fingerprint density at radius 1 is 1.56 bits per heavy atom. The Morgan fingerprint density at radius 3 is 2.89 bits per heavy atom. The monoisotopic (exact) mass is 268 g/mol. The van der Waals surface area contributed by atoms with Gasteiger partial charge in [-0.3, -0.25) is 4.79 Å². The molecule has 1 amide bonds. The molecule has 1 aromatic rings. The maximum absolute atomic E-state index is 11.9. The molecule has 2 rings (SSSR count). The van der Waals surface area contributed by atoms with E-state index in [1.807, 2.05) is 6.92 Å². The Balaban J connectivity index is 1.87. The number of carbonyl (C=O) groups excluding carboxylic acids is 1. The van der Waals surface area contributed by atoms with E-state index in [0.29, 0.717) is 12.0 Å². The molecule has 1 N–H and O–H groups in total. The number of aromatic nitrogens is 3. The van der Waals surface area contributed by atoms with Crippen LogP contribution >= 0.6 is 11.8 Å².